The first-order valence-electron chi connectivity index (χ1n) is 13.5. The summed E-state index contributed by atoms with van der Waals surface area (Å²) in [5.41, 5.74) is 5.31. The summed E-state index contributed by atoms with van der Waals surface area (Å²) in [5.74, 6) is -2.46. The molecule has 0 fully saturated rings. The van der Waals surface area contributed by atoms with Crippen molar-refractivity contribution < 1.29 is 29.3 Å². The molecule has 0 aliphatic heterocycles. The zero-order chi connectivity index (χ0) is 29.6. The monoisotopic (exact) mass is 565 g/mol. The molecule has 1 atom stereocenters. The summed E-state index contributed by atoms with van der Waals surface area (Å²) in [6.07, 6.45) is -0.741. The van der Waals surface area contributed by atoms with Gasteiger partial charge in [-0.05, 0) is 47.0 Å². The molecule has 9 nitrogen and oxygen atoms in total. The van der Waals surface area contributed by atoms with Gasteiger partial charge in [-0.25, -0.2) is 9.59 Å². The standard InChI is InChI=1S/C33H31N3O6/c1-36(18-21-9-3-2-4-10-21)19-29(31(38)34-22-15-16-27(32(39)40)30(37)17-22)35-33(41)42-20-28-25-13-7-5-11-23(25)24-12-6-8-14-26(24)28/h2-17,28-29,37H,18-20H2,1H3,(H,34,38)(H,35,41)(H,39,40). The molecule has 2 amide bonds. The van der Waals surface area contributed by atoms with Crippen molar-refractivity contribution in [1.82, 2.24) is 10.2 Å². The van der Waals surface area contributed by atoms with E-state index in [1.54, 1.807) is 0 Å². The fourth-order valence-electron chi connectivity index (χ4n) is 5.27. The Labute approximate surface area is 243 Å². The van der Waals surface area contributed by atoms with Gasteiger partial charge in [0, 0.05) is 30.8 Å². The second-order valence-electron chi connectivity index (χ2n) is 10.2. The number of rotatable bonds is 10. The second-order valence-corrected chi connectivity index (χ2v) is 10.2. The average molecular weight is 566 g/mol. The number of nitrogens with one attached hydrogen (secondary N) is 2. The lowest BCUT2D eigenvalue weighted by Crippen LogP contribution is -2.50. The largest absolute Gasteiger partial charge is 0.507 e. The van der Waals surface area contributed by atoms with Crippen LogP contribution < -0.4 is 10.6 Å². The van der Waals surface area contributed by atoms with Crippen LogP contribution in [0, 0.1) is 0 Å². The minimum absolute atomic E-state index is 0.0958. The van der Waals surface area contributed by atoms with Crippen LogP contribution in [0.15, 0.2) is 97.1 Å². The van der Waals surface area contributed by atoms with E-state index in [4.69, 9.17) is 9.84 Å². The van der Waals surface area contributed by atoms with Crippen LogP contribution in [-0.2, 0) is 16.1 Å². The number of hydrogen-bond acceptors (Lipinski definition) is 6. The van der Waals surface area contributed by atoms with Crippen LogP contribution in [0.2, 0.25) is 0 Å². The van der Waals surface area contributed by atoms with Crippen LogP contribution in [0.1, 0.15) is 33.0 Å². The van der Waals surface area contributed by atoms with Crippen LogP contribution in [0.3, 0.4) is 0 Å². The molecule has 4 N–H and O–H groups in total. The van der Waals surface area contributed by atoms with Crippen molar-refractivity contribution in [1.29, 1.82) is 0 Å². The van der Waals surface area contributed by atoms with Gasteiger partial charge < -0.3 is 25.6 Å². The number of carboxylic acids is 1. The summed E-state index contributed by atoms with van der Waals surface area (Å²) in [6.45, 7) is 0.785. The molecule has 9 heteroatoms. The number of carboxylic acid groups (broad SMARTS) is 1. The van der Waals surface area contributed by atoms with Crippen molar-refractivity contribution in [2.75, 3.05) is 25.5 Å². The number of aromatic carboxylic acids is 1. The van der Waals surface area contributed by atoms with Crippen LogP contribution in [0.4, 0.5) is 10.5 Å². The molecule has 1 aliphatic rings. The lowest BCUT2D eigenvalue weighted by Gasteiger charge is -2.25. The van der Waals surface area contributed by atoms with Crippen molar-refractivity contribution in [3.8, 4) is 16.9 Å². The Morgan fingerprint density at radius 2 is 1.50 bits per heavy atom. The highest BCUT2D eigenvalue weighted by Gasteiger charge is 2.30. The first-order chi connectivity index (χ1) is 20.3. The quantitative estimate of drug-likeness (QED) is 0.211. The molecule has 5 rings (SSSR count). The molecule has 4 aromatic rings. The summed E-state index contributed by atoms with van der Waals surface area (Å²) in [7, 11) is 1.83. The fraction of sp³-hybridized carbons (Fsp3) is 0.182. The predicted octanol–water partition coefficient (Wildman–Crippen LogP) is 5.07. The van der Waals surface area contributed by atoms with Gasteiger partial charge in [0.1, 0.15) is 24.0 Å². The Balaban J connectivity index is 1.29. The highest BCUT2D eigenvalue weighted by atomic mass is 16.5. The van der Waals surface area contributed by atoms with Crippen LogP contribution in [0.25, 0.3) is 11.1 Å². The molecule has 1 unspecified atom stereocenters. The summed E-state index contributed by atoms with van der Waals surface area (Å²) >= 11 is 0. The number of hydrogen-bond donors (Lipinski definition) is 4. The van der Waals surface area contributed by atoms with Gasteiger partial charge in [-0.2, -0.15) is 0 Å². The Kier molecular flexibility index (Phi) is 8.50. The molecule has 0 saturated heterocycles. The highest BCUT2D eigenvalue weighted by Crippen LogP contribution is 2.44. The molecule has 0 heterocycles. The number of fused-ring (bicyclic) bond motifs is 3. The van der Waals surface area contributed by atoms with Gasteiger partial charge in [-0.15, -0.1) is 0 Å². The number of nitrogens with zero attached hydrogens (tertiary/aromatic N) is 1. The zero-order valence-electron chi connectivity index (χ0n) is 23.0. The molecule has 0 bridgehead atoms. The van der Waals surface area contributed by atoms with Gasteiger partial charge in [-0.3, -0.25) is 9.69 Å². The number of carbonyl (C=O) groups is 3. The van der Waals surface area contributed by atoms with E-state index in [1.807, 2.05) is 78.7 Å². The Hall–Kier alpha value is -5.15. The van der Waals surface area contributed by atoms with Crippen molar-refractivity contribution in [2.24, 2.45) is 0 Å². The Bertz CT molecular complexity index is 1560. The number of carbonyl (C=O) groups excluding carboxylic acids is 2. The van der Waals surface area contributed by atoms with Crippen LogP contribution in [0.5, 0.6) is 5.75 Å². The number of likely N-dealkylation sites (N-methyl/N-ethyl adjacent to an activating group) is 1. The first-order valence-corrected chi connectivity index (χ1v) is 13.5. The SMILES string of the molecule is CN(Cc1ccccc1)CC(NC(=O)OCC1c2ccccc2-c2ccccc21)C(=O)Nc1ccc(C(=O)O)c(O)c1. The number of alkyl carbamates (subject to hydrolysis) is 1. The third kappa shape index (κ3) is 6.42. The maximum atomic E-state index is 13.3. The summed E-state index contributed by atoms with van der Waals surface area (Å²) < 4.78 is 5.68. The van der Waals surface area contributed by atoms with E-state index < -0.39 is 29.8 Å². The molecule has 0 saturated carbocycles. The Morgan fingerprint density at radius 1 is 0.881 bits per heavy atom. The van der Waals surface area contributed by atoms with Crippen molar-refractivity contribution in [3.63, 3.8) is 0 Å². The minimum Gasteiger partial charge on any atom is -0.507 e. The normalized spacial score (nSPS) is 12.7. The van der Waals surface area contributed by atoms with Gasteiger partial charge >= 0.3 is 12.1 Å². The molecule has 42 heavy (non-hydrogen) atoms. The van der Waals surface area contributed by atoms with Crippen LogP contribution >= 0.6 is 0 Å². The van der Waals surface area contributed by atoms with Gasteiger partial charge in [0.15, 0.2) is 0 Å². The number of anilines is 1. The first kappa shape index (κ1) is 28.4. The van der Waals surface area contributed by atoms with Gasteiger partial charge in [-0.1, -0.05) is 78.9 Å². The maximum Gasteiger partial charge on any atom is 0.407 e. The lowest BCUT2D eigenvalue weighted by molar-refractivity contribution is -0.118. The maximum absolute atomic E-state index is 13.3. The number of aromatic hydroxyl groups is 1. The molecular weight excluding hydrogens is 534 g/mol. The molecule has 214 valence electrons. The third-order valence-electron chi connectivity index (χ3n) is 7.24. The number of amides is 2. The van der Waals surface area contributed by atoms with Crippen molar-refractivity contribution >= 4 is 23.7 Å². The molecule has 1 aliphatic carbocycles. The van der Waals surface area contributed by atoms with Crippen molar-refractivity contribution in [3.05, 3.63) is 119 Å². The molecule has 0 radical (unpaired) electrons. The van der Waals surface area contributed by atoms with E-state index in [1.165, 1.54) is 12.1 Å². The Morgan fingerprint density at radius 3 is 2.12 bits per heavy atom. The smallest absolute Gasteiger partial charge is 0.407 e. The summed E-state index contributed by atoms with van der Waals surface area (Å²) in [6, 6.07) is 28.5. The summed E-state index contributed by atoms with van der Waals surface area (Å²) in [4.78, 5) is 39.5. The van der Waals surface area contributed by atoms with Gasteiger partial charge in [0.05, 0.1) is 0 Å². The second kappa shape index (κ2) is 12.6. The van der Waals surface area contributed by atoms with Crippen LogP contribution in [-0.4, -0.2) is 59.3 Å². The topological polar surface area (TPSA) is 128 Å². The summed E-state index contributed by atoms with van der Waals surface area (Å²) in [5, 5.41) is 24.6. The average Bonchev–Trinajstić information content (AvgIpc) is 3.29. The number of benzene rings is 4. The van der Waals surface area contributed by atoms with Gasteiger partial charge in [0.2, 0.25) is 5.91 Å². The number of phenols is 1. The highest BCUT2D eigenvalue weighted by molar-refractivity contribution is 5.98. The van der Waals surface area contributed by atoms with Gasteiger partial charge in [0.25, 0.3) is 0 Å². The van der Waals surface area contributed by atoms with Crippen molar-refractivity contribution in [2.45, 2.75) is 18.5 Å². The fourth-order valence-corrected chi connectivity index (χ4v) is 5.27. The van der Waals surface area contributed by atoms with E-state index in [2.05, 4.69) is 22.8 Å². The zero-order valence-corrected chi connectivity index (χ0v) is 23.0. The van der Waals surface area contributed by atoms with E-state index in [0.29, 0.717) is 6.54 Å². The van der Waals surface area contributed by atoms with E-state index in [0.717, 1.165) is 33.9 Å². The van der Waals surface area contributed by atoms with E-state index in [9.17, 15) is 19.5 Å². The third-order valence-corrected chi connectivity index (χ3v) is 7.24. The van der Waals surface area contributed by atoms with E-state index in [-0.39, 0.29) is 30.3 Å². The molecular formula is C33H31N3O6. The van der Waals surface area contributed by atoms with E-state index >= 15 is 0 Å². The minimum atomic E-state index is -1.29. The molecule has 4 aromatic carbocycles. The predicted molar refractivity (Wildman–Crippen MR) is 158 cm³/mol. The lowest BCUT2D eigenvalue weighted by atomic mass is 9.98. The molecule has 0 aromatic heterocycles. The molecule has 0 spiro atoms. The number of ether oxygens (including phenoxy) is 1.